The highest BCUT2D eigenvalue weighted by molar-refractivity contribution is 5.93. The van der Waals surface area contributed by atoms with E-state index >= 15 is 4.39 Å². The Bertz CT molecular complexity index is 1730. The van der Waals surface area contributed by atoms with Crippen molar-refractivity contribution in [2.45, 2.75) is 58.8 Å². The maximum Gasteiger partial charge on any atom is 0.238 e. The van der Waals surface area contributed by atoms with Crippen molar-refractivity contribution in [3.05, 3.63) is 71.9 Å². The van der Waals surface area contributed by atoms with Gasteiger partial charge in [-0.05, 0) is 60.6 Å². The number of nitrogens with one attached hydrogen (secondary N) is 1. The van der Waals surface area contributed by atoms with Crippen LogP contribution in [0.4, 0.5) is 10.1 Å². The van der Waals surface area contributed by atoms with Gasteiger partial charge in [-0.15, -0.1) is 0 Å². The largest absolute Gasteiger partial charge is 0.370 e. The number of nitrogens with zero attached hydrogens (tertiary/aromatic N) is 6. The molecule has 216 valence electrons. The fourth-order valence-corrected chi connectivity index (χ4v) is 5.17. The van der Waals surface area contributed by atoms with Gasteiger partial charge < -0.3 is 14.4 Å². The number of aryl methyl sites for hydroxylation is 1. The molecular formula is C32H34FN7O2. The van der Waals surface area contributed by atoms with Gasteiger partial charge in [-0.3, -0.25) is 9.78 Å². The molecule has 5 heterocycles. The Morgan fingerprint density at radius 1 is 1.10 bits per heavy atom. The lowest BCUT2D eigenvalue weighted by Crippen LogP contribution is -2.32. The van der Waals surface area contributed by atoms with Gasteiger partial charge in [-0.1, -0.05) is 45.0 Å². The quantitative estimate of drug-likeness (QED) is 0.220. The van der Waals surface area contributed by atoms with Crippen LogP contribution in [0.2, 0.25) is 0 Å². The Hall–Kier alpha value is -4.47. The zero-order chi connectivity index (χ0) is 29.4. The first-order chi connectivity index (χ1) is 20.2. The highest BCUT2D eigenvalue weighted by atomic mass is 19.1. The van der Waals surface area contributed by atoms with Gasteiger partial charge in [0.2, 0.25) is 17.5 Å². The van der Waals surface area contributed by atoms with Crippen molar-refractivity contribution in [1.82, 2.24) is 30.1 Å². The molecule has 0 atom stereocenters. The third kappa shape index (κ3) is 5.66. The molecule has 6 rings (SSSR count). The molecule has 0 bridgehead atoms. The first-order valence-electron chi connectivity index (χ1n) is 14.4. The van der Waals surface area contributed by atoms with Crippen molar-refractivity contribution < 1.29 is 13.7 Å². The van der Waals surface area contributed by atoms with E-state index in [-0.39, 0.29) is 29.9 Å². The lowest BCUT2D eigenvalue weighted by Gasteiger charge is -2.31. The zero-order valence-corrected chi connectivity index (χ0v) is 24.3. The maximum atomic E-state index is 15.2. The van der Waals surface area contributed by atoms with Crippen LogP contribution >= 0.6 is 0 Å². The number of aromatic amines is 1. The molecule has 1 fully saturated rings. The summed E-state index contributed by atoms with van der Waals surface area (Å²) in [6.07, 6.45) is 6.25. The molecule has 0 spiro atoms. The number of aromatic nitrogens is 6. The van der Waals surface area contributed by atoms with Gasteiger partial charge >= 0.3 is 0 Å². The standard InChI is InChI=1S/C32H34FN7O2/c1-19-12-15-40(16-13-19)22-8-9-25(35-18-22)28-36-27-23(11-14-34-30(27)37-28)21-6-5-20(24(33)17-21)7-10-26(41)29-38-31(42-39-29)32(2,3)4/h5-6,8-9,11,14,17-19H,7,10,12-13,15-16H2,1-4H3,(H,34,36,37). The molecule has 0 saturated carbocycles. The number of halogens is 1. The van der Waals surface area contributed by atoms with E-state index in [2.05, 4.69) is 48.0 Å². The summed E-state index contributed by atoms with van der Waals surface area (Å²) in [5, 5.41) is 3.80. The molecule has 42 heavy (non-hydrogen) atoms. The third-order valence-corrected chi connectivity index (χ3v) is 7.83. The number of hydrogen-bond donors (Lipinski definition) is 1. The number of Topliss-reactive ketones (excluding diaryl/α,β-unsaturated/α-hetero) is 1. The predicted molar refractivity (Wildman–Crippen MR) is 159 cm³/mol. The smallest absolute Gasteiger partial charge is 0.238 e. The number of carbonyl (C=O) groups is 1. The molecule has 9 nitrogen and oxygen atoms in total. The molecule has 10 heteroatoms. The second-order valence-electron chi connectivity index (χ2n) is 12.1. The summed E-state index contributed by atoms with van der Waals surface area (Å²) in [6, 6.07) is 10.9. The Balaban J connectivity index is 1.18. The topological polar surface area (TPSA) is 114 Å². The highest BCUT2D eigenvalue weighted by Crippen LogP contribution is 2.30. The Morgan fingerprint density at radius 3 is 2.60 bits per heavy atom. The van der Waals surface area contributed by atoms with Crippen LogP contribution in [0.1, 0.15) is 69.0 Å². The normalized spacial score (nSPS) is 14.5. The molecular weight excluding hydrogens is 533 g/mol. The Kier molecular flexibility index (Phi) is 7.30. The average molecular weight is 568 g/mol. The molecule has 0 unspecified atom stereocenters. The number of anilines is 1. The predicted octanol–water partition coefficient (Wildman–Crippen LogP) is 6.56. The number of imidazole rings is 1. The Labute approximate surface area is 243 Å². The summed E-state index contributed by atoms with van der Waals surface area (Å²) in [6.45, 7) is 10.2. The molecule has 0 radical (unpaired) electrons. The van der Waals surface area contributed by atoms with Crippen molar-refractivity contribution >= 4 is 22.6 Å². The number of benzene rings is 1. The van der Waals surface area contributed by atoms with Crippen molar-refractivity contribution in [2.24, 2.45) is 5.92 Å². The summed E-state index contributed by atoms with van der Waals surface area (Å²) in [7, 11) is 0. The summed E-state index contributed by atoms with van der Waals surface area (Å²) >= 11 is 0. The van der Waals surface area contributed by atoms with Crippen LogP contribution in [0, 0.1) is 11.7 Å². The van der Waals surface area contributed by atoms with Crippen molar-refractivity contribution in [3.63, 3.8) is 0 Å². The van der Waals surface area contributed by atoms with Gasteiger partial charge in [-0.2, -0.15) is 4.98 Å². The van der Waals surface area contributed by atoms with Gasteiger partial charge in [0.05, 0.1) is 17.4 Å². The number of fused-ring (bicyclic) bond motifs is 1. The van der Waals surface area contributed by atoms with Crippen molar-refractivity contribution in [3.8, 4) is 22.6 Å². The van der Waals surface area contributed by atoms with Crippen molar-refractivity contribution in [2.75, 3.05) is 18.0 Å². The maximum absolute atomic E-state index is 15.2. The summed E-state index contributed by atoms with van der Waals surface area (Å²) in [4.78, 5) is 36.3. The van der Waals surface area contributed by atoms with Gasteiger partial charge in [0.25, 0.3) is 0 Å². The Morgan fingerprint density at radius 2 is 1.90 bits per heavy atom. The van der Waals surface area contributed by atoms with E-state index in [0.29, 0.717) is 34.0 Å². The summed E-state index contributed by atoms with van der Waals surface area (Å²) in [5.41, 5.74) is 4.62. The highest BCUT2D eigenvalue weighted by Gasteiger charge is 2.24. The van der Waals surface area contributed by atoms with Gasteiger partial charge in [-0.25, -0.2) is 14.4 Å². The molecule has 1 N–H and O–H groups in total. The fraction of sp³-hybridized carbons (Fsp3) is 0.375. The van der Waals surface area contributed by atoms with E-state index in [1.807, 2.05) is 45.2 Å². The molecule has 1 aliphatic heterocycles. The number of ketones is 1. The monoisotopic (exact) mass is 567 g/mol. The summed E-state index contributed by atoms with van der Waals surface area (Å²) in [5.74, 6) is 1.12. The number of hydrogen-bond acceptors (Lipinski definition) is 8. The molecule has 0 aliphatic carbocycles. The SMILES string of the molecule is CC1CCN(c2ccc(-c3nc4nccc(-c5ccc(CCC(=O)c6noc(C(C)(C)C)n6)c(F)c5)c4[nH]3)nc2)CC1. The summed E-state index contributed by atoms with van der Waals surface area (Å²) < 4.78 is 20.4. The molecule has 4 aromatic heterocycles. The third-order valence-electron chi connectivity index (χ3n) is 7.83. The van der Waals surface area contributed by atoms with Gasteiger partial charge in [0.15, 0.2) is 11.5 Å². The minimum absolute atomic E-state index is 0.0245. The first-order valence-corrected chi connectivity index (χ1v) is 14.4. The number of piperidine rings is 1. The number of pyridine rings is 2. The minimum Gasteiger partial charge on any atom is -0.370 e. The lowest BCUT2D eigenvalue weighted by molar-refractivity contribution is 0.0969. The van der Waals surface area contributed by atoms with E-state index in [4.69, 9.17) is 4.52 Å². The van der Waals surface area contributed by atoms with E-state index in [0.717, 1.165) is 36.0 Å². The lowest BCUT2D eigenvalue weighted by atomic mass is 9.97. The van der Waals surface area contributed by atoms with Crippen molar-refractivity contribution in [1.29, 1.82) is 0 Å². The van der Waals surface area contributed by atoms with E-state index < -0.39 is 5.82 Å². The molecule has 0 amide bonds. The van der Waals surface area contributed by atoms with Crippen LogP contribution in [0.3, 0.4) is 0 Å². The van der Waals surface area contributed by atoms with Crippen LogP contribution < -0.4 is 4.90 Å². The number of H-pyrrole nitrogens is 1. The molecule has 1 aromatic carbocycles. The molecule has 5 aromatic rings. The van der Waals surface area contributed by atoms with Gasteiger partial charge in [0.1, 0.15) is 11.5 Å². The van der Waals surface area contributed by atoms with Gasteiger partial charge in [0, 0.05) is 36.7 Å². The second kappa shape index (κ2) is 11.1. The molecule has 1 aliphatic rings. The zero-order valence-electron chi connectivity index (χ0n) is 24.3. The van der Waals surface area contributed by atoms with Crippen LogP contribution in [0.25, 0.3) is 33.8 Å². The van der Waals surface area contributed by atoms with E-state index in [1.54, 1.807) is 12.3 Å². The first kappa shape index (κ1) is 27.7. The number of rotatable bonds is 7. The minimum atomic E-state index is -0.391. The average Bonchev–Trinajstić information content (AvgIpc) is 3.65. The van der Waals surface area contributed by atoms with E-state index in [1.165, 1.54) is 18.9 Å². The second-order valence-corrected chi connectivity index (χ2v) is 12.1. The van der Waals surface area contributed by atoms with Crippen LogP contribution in [0.5, 0.6) is 0 Å². The van der Waals surface area contributed by atoms with Crippen LogP contribution in [-0.4, -0.2) is 48.9 Å². The number of carbonyl (C=O) groups excluding carboxylic acids is 1. The van der Waals surface area contributed by atoms with E-state index in [9.17, 15) is 4.79 Å². The van der Waals surface area contributed by atoms with Crippen LogP contribution in [0.15, 0.2) is 53.3 Å². The van der Waals surface area contributed by atoms with Crippen LogP contribution in [-0.2, 0) is 11.8 Å². The molecule has 1 saturated heterocycles. The fourth-order valence-electron chi connectivity index (χ4n) is 5.17.